The van der Waals surface area contributed by atoms with Crippen molar-refractivity contribution in [1.82, 2.24) is 9.55 Å². The Hall–Kier alpha value is -4.62. The molecule has 0 bridgehead atoms. The number of ether oxygens (including phenoxy) is 1. The number of benzene rings is 4. The molecule has 46 heavy (non-hydrogen) atoms. The van der Waals surface area contributed by atoms with E-state index in [0.717, 1.165) is 60.3 Å². The Morgan fingerprint density at radius 3 is 2.13 bits per heavy atom. The van der Waals surface area contributed by atoms with Crippen molar-refractivity contribution in [2.24, 2.45) is 0 Å². The van der Waals surface area contributed by atoms with E-state index in [-0.39, 0.29) is 16.9 Å². The Bertz CT molecular complexity index is 1890. The molecule has 0 saturated heterocycles. The summed E-state index contributed by atoms with van der Waals surface area (Å²) < 4.78 is 7.48. The van der Waals surface area contributed by atoms with Gasteiger partial charge in [-0.15, -0.1) is 0 Å². The average molecular weight is 628 g/mol. The number of hydrogen-bond acceptors (Lipinski definition) is 5. The zero-order chi connectivity index (χ0) is 31.7. The maximum Gasteiger partial charge on any atom is 0.263 e. The normalized spacial score (nSPS) is 15.4. The van der Waals surface area contributed by atoms with Crippen LogP contribution in [0, 0.1) is 0 Å². The number of methoxy groups -OCH3 is 1. The van der Waals surface area contributed by atoms with Crippen molar-refractivity contribution < 1.29 is 9.53 Å². The van der Waals surface area contributed by atoms with Crippen molar-refractivity contribution in [2.75, 3.05) is 12.0 Å². The van der Waals surface area contributed by atoms with Crippen LogP contribution in [0.15, 0.2) is 119 Å². The zero-order valence-corrected chi connectivity index (χ0v) is 27.0. The van der Waals surface area contributed by atoms with Gasteiger partial charge >= 0.3 is 0 Å². The Balaban J connectivity index is 1.41. The topological polar surface area (TPSA) is 64.4 Å². The van der Waals surface area contributed by atoms with Crippen LogP contribution >= 0.6 is 11.8 Å². The van der Waals surface area contributed by atoms with Crippen LogP contribution in [0.2, 0.25) is 0 Å². The minimum Gasteiger partial charge on any atom is -0.495 e. The molecule has 1 amide bonds. The van der Waals surface area contributed by atoms with Crippen LogP contribution in [0.3, 0.4) is 0 Å². The number of para-hydroxylation sites is 4. The fourth-order valence-corrected chi connectivity index (χ4v) is 8.20. The predicted octanol–water partition coefficient (Wildman–Crippen LogP) is 8.51. The van der Waals surface area contributed by atoms with Crippen molar-refractivity contribution in [2.45, 2.75) is 61.3 Å². The largest absolute Gasteiger partial charge is 0.495 e. The lowest BCUT2D eigenvalue weighted by atomic mass is 9.62. The molecule has 7 heteroatoms. The maximum absolute atomic E-state index is 15.1. The summed E-state index contributed by atoms with van der Waals surface area (Å²) in [5.74, 6) is 0.473. The van der Waals surface area contributed by atoms with Gasteiger partial charge < -0.3 is 4.74 Å². The Morgan fingerprint density at radius 1 is 0.848 bits per heavy atom. The smallest absolute Gasteiger partial charge is 0.263 e. The maximum atomic E-state index is 15.1. The summed E-state index contributed by atoms with van der Waals surface area (Å²) >= 11 is 1.31. The van der Waals surface area contributed by atoms with E-state index >= 15 is 4.79 Å². The molecule has 7 rings (SSSR count). The molecule has 5 aromatic rings. The number of carbonyl (C=O) groups excluding carboxylic acids is 1. The van der Waals surface area contributed by atoms with Gasteiger partial charge in [-0.1, -0.05) is 104 Å². The van der Waals surface area contributed by atoms with E-state index in [1.807, 2.05) is 97.9 Å². The number of aromatic nitrogens is 2. The van der Waals surface area contributed by atoms with Crippen molar-refractivity contribution in [3.05, 3.63) is 131 Å². The quantitative estimate of drug-likeness (QED) is 0.134. The van der Waals surface area contributed by atoms with E-state index < -0.39 is 5.25 Å². The molecule has 0 aliphatic heterocycles. The molecular formula is C39H37N3O3S. The van der Waals surface area contributed by atoms with Gasteiger partial charge in [0, 0.05) is 22.4 Å². The van der Waals surface area contributed by atoms with Crippen molar-refractivity contribution in [1.29, 1.82) is 0 Å². The fraction of sp³-hybridized carbons (Fsp3) is 0.256. The van der Waals surface area contributed by atoms with Crippen LogP contribution in [0.5, 0.6) is 5.75 Å². The van der Waals surface area contributed by atoms with Gasteiger partial charge in [0.1, 0.15) is 5.75 Å². The number of anilines is 2. The van der Waals surface area contributed by atoms with Crippen molar-refractivity contribution >= 4 is 29.0 Å². The summed E-state index contributed by atoms with van der Waals surface area (Å²) in [5.41, 5.74) is 5.64. The SMILES string of the molecule is COc1ccccc1-n1c(SC(C)C(=O)N(c2ccccc2)c2ccccc2)nc2c(c1=O)C1(CCCCC1)Cc1ccccc1-2. The lowest BCUT2D eigenvalue weighted by Crippen LogP contribution is -2.43. The van der Waals surface area contributed by atoms with Gasteiger partial charge in [0.2, 0.25) is 5.91 Å². The summed E-state index contributed by atoms with van der Waals surface area (Å²) in [5, 5.41) is -0.105. The Morgan fingerprint density at radius 2 is 1.46 bits per heavy atom. The predicted molar refractivity (Wildman–Crippen MR) is 186 cm³/mol. The molecule has 1 spiro atoms. The van der Waals surface area contributed by atoms with Crippen molar-refractivity contribution in [3.63, 3.8) is 0 Å². The Kier molecular flexibility index (Phi) is 8.26. The number of hydrogen-bond donors (Lipinski definition) is 0. The molecule has 1 unspecified atom stereocenters. The highest BCUT2D eigenvalue weighted by Gasteiger charge is 2.44. The monoisotopic (exact) mass is 627 g/mol. The third-order valence-electron chi connectivity index (χ3n) is 9.40. The second kappa shape index (κ2) is 12.6. The summed E-state index contributed by atoms with van der Waals surface area (Å²) in [6.07, 6.45) is 6.12. The standard InChI is InChI=1S/C39H37N3O3S/c1-27(36(43)41(29-17-6-3-7-18-29)30-19-8-4-9-20-30)46-38-40-35-31-21-11-10-16-28(31)26-39(24-14-5-15-25-39)34(35)37(44)42(38)32-22-12-13-23-33(32)45-2/h3-4,6-13,16-23,27H,5,14-15,24-26H2,1-2H3. The van der Waals surface area contributed by atoms with Crippen LogP contribution in [0.4, 0.5) is 11.4 Å². The molecule has 1 atom stereocenters. The summed E-state index contributed by atoms with van der Waals surface area (Å²) in [7, 11) is 1.62. The third-order valence-corrected chi connectivity index (χ3v) is 10.4. The third kappa shape index (κ3) is 5.32. The number of thioether (sulfide) groups is 1. The van der Waals surface area contributed by atoms with Gasteiger partial charge in [-0.05, 0) is 68.1 Å². The minimum atomic E-state index is -0.575. The van der Waals surface area contributed by atoms with E-state index in [1.165, 1.54) is 23.7 Å². The first kappa shape index (κ1) is 30.1. The highest BCUT2D eigenvalue weighted by molar-refractivity contribution is 8.00. The highest BCUT2D eigenvalue weighted by Crippen LogP contribution is 2.49. The number of fused-ring (bicyclic) bond motifs is 4. The molecular weight excluding hydrogens is 591 g/mol. The second-order valence-electron chi connectivity index (χ2n) is 12.2. The van der Waals surface area contributed by atoms with Crippen LogP contribution in [-0.4, -0.2) is 27.8 Å². The molecule has 0 radical (unpaired) electrons. The number of nitrogens with zero attached hydrogens (tertiary/aromatic N) is 3. The first-order chi connectivity index (χ1) is 22.5. The van der Waals surface area contributed by atoms with Crippen LogP contribution in [-0.2, 0) is 16.6 Å². The van der Waals surface area contributed by atoms with Gasteiger partial charge in [0.25, 0.3) is 5.56 Å². The summed E-state index contributed by atoms with van der Waals surface area (Å²) in [4.78, 5) is 36.6. The highest BCUT2D eigenvalue weighted by atomic mass is 32.2. The van der Waals surface area contributed by atoms with E-state index in [4.69, 9.17) is 9.72 Å². The van der Waals surface area contributed by atoms with Crippen LogP contribution in [0.25, 0.3) is 16.9 Å². The molecule has 232 valence electrons. The van der Waals surface area contributed by atoms with Gasteiger partial charge in [-0.2, -0.15) is 0 Å². The molecule has 4 aromatic carbocycles. The molecule has 1 fully saturated rings. The molecule has 2 aliphatic rings. The average Bonchev–Trinajstić information content (AvgIpc) is 3.09. The molecule has 0 N–H and O–H groups in total. The van der Waals surface area contributed by atoms with Crippen molar-refractivity contribution in [3.8, 4) is 22.7 Å². The molecule has 1 saturated carbocycles. The van der Waals surface area contributed by atoms with Gasteiger partial charge in [0.15, 0.2) is 5.16 Å². The lowest BCUT2D eigenvalue weighted by molar-refractivity contribution is -0.117. The van der Waals surface area contributed by atoms with Gasteiger partial charge in [-0.25, -0.2) is 4.98 Å². The van der Waals surface area contributed by atoms with Gasteiger partial charge in [-0.3, -0.25) is 19.1 Å². The summed E-state index contributed by atoms with van der Waals surface area (Å²) in [6.45, 7) is 1.89. The van der Waals surface area contributed by atoms with E-state index in [0.29, 0.717) is 16.6 Å². The van der Waals surface area contributed by atoms with E-state index in [2.05, 4.69) is 18.2 Å². The minimum absolute atomic E-state index is 0.0731. The number of carbonyl (C=O) groups is 1. The molecule has 2 aliphatic carbocycles. The lowest BCUT2D eigenvalue weighted by Gasteiger charge is -2.42. The number of amides is 1. The second-order valence-corrected chi connectivity index (χ2v) is 13.5. The van der Waals surface area contributed by atoms with E-state index in [9.17, 15) is 4.79 Å². The van der Waals surface area contributed by atoms with Crippen LogP contribution < -0.4 is 15.2 Å². The Labute approximate surface area is 274 Å². The van der Waals surface area contributed by atoms with Gasteiger partial charge in [0.05, 0.1) is 29.3 Å². The first-order valence-electron chi connectivity index (χ1n) is 16.0. The molecule has 1 heterocycles. The van der Waals surface area contributed by atoms with Crippen LogP contribution in [0.1, 0.15) is 50.2 Å². The molecule has 6 nitrogen and oxygen atoms in total. The first-order valence-corrected chi connectivity index (χ1v) is 16.9. The van der Waals surface area contributed by atoms with E-state index in [1.54, 1.807) is 16.6 Å². The fourth-order valence-electron chi connectivity index (χ4n) is 7.24. The summed E-state index contributed by atoms with van der Waals surface area (Å²) in [6, 6.07) is 35.3. The number of rotatable bonds is 7. The zero-order valence-electron chi connectivity index (χ0n) is 26.2. The molecule has 1 aromatic heterocycles.